The SMILES string of the molecule is CCCCc1ccc2cc3c(cc2c1)B(c1c(C)cc(C)cc1C)c1c2c(cc4ccccc14)N1c4cc5ccc(C)cc5cc4B(c4c(C)cc(C)cc4C)c4c1c(cc1ccccc41)N32. The van der Waals surface area contributed by atoms with Gasteiger partial charge >= 0.3 is 0 Å². The number of hydrogen-bond acceptors (Lipinski definition) is 2. The molecule has 0 atom stereocenters. The Balaban J connectivity index is 1.23. The summed E-state index contributed by atoms with van der Waals surface area (Å²) in [6.45, 7) is 18.4. The first-order valence-corrected chi connectivity index (χ1v) is 24.5. The summed E-state index contributed by atoms with van der Waals surface area (Å²) in [6, 6.07) is 57.5. The third-order valence-electron chi connectivity index (χ3n) is 15.8. The zero-order valence-corrected chi connectivity index (χ0v) is 40.0. The lowest BCUT2D eigenvalue weighted by Crippen LogP contribution is -2.62. The minimum Gasteiger partial charge on any atom is -0.307 e. The summed E-state index contributed by atoms with van der Waals surface area (Å²) in [7, 11) is 0. The van der Waals surface area contributed by atoms with Crippen LogP contribution in [0.3, 0.4) is 0 Å². The van der Waals surface area contributed by atoms with Crippen molar-refractivity contribution in [2.45, 2.75) is 74.7 Å². The topological polar surface area (TPSA) is 6.48 Å². The van der Waals surface area contributed by atoms with E-state index in [2.05, 4.69) is 211 Å². The third-order valence-corrected chi connectivity index (χ3v) is 15.8. The molecule has 0 fully saturated rings. The van der Waals surface area contributed by atoms with Crippen molar-refractivity contribution in [1.82, 2.24) is 0 Å². The Bertz CT molecular complexity index is 3760. The lowest BCUT2D eigenvalue weighted by molar-refractivity contribution is 0.796. The van der Waals surface area contributed by atoms with Crippen molar-refractivity contribution >= 4 is 123 Å². The van der Waals surface area contributed by atoms with Crippen LogP contribution in [0.4, 0.5) is 34.1 Å². The van der Waals surface area contributed by atoms with E-state index in [9.17, 15) is 0 Å². The minimum atomic E-state index is 0.00565. The van der Waals surface area contributed by atoms with Crippen molar-refractivity contribution in [2.24, 2.45) is 0 Å². The van der Waals surface area contributed by atoms with Crippen LogP contribution in [-0.2, 0) is 6.42 Å². The van der Waals surface area contributed by atoms with Crippen LogP contribution in [-0.4, -0.2) is 13.4 Å². The van der Waals surface area contributed by atoms with Crippen molar-refractivity contribution in [3.63, 3.8) is 0 Å². The van der Waals surface area contributed by atoms with E-state index in [1.54, 1.807) is 0 Å². The summed E-state index contributed by atoms with van der Waals surface area (Å²) in [5, 5.41) is 10.3. The average Bonchev–Trinajstić information content (AvgIpc) is 3.30. The fourth-order valence-corrected chi connectivity index (χ4v) is 13.2. The molecule has 0 amide bonds. The van der Waals surface area contributed by atoms with E-state index in [1.807, 2.05) is 0 Å². The second kappa shape index (κ2) is 14.7. The predicted octanol–water partition coefficient (Wildman–Crippen LogP) is 12.7. The number of anilines is 6. The molecule has 0 spiro atoms. The summed E-state index contributed by atoms with van der Waals surface area (Å²) < 4.78 is 0. The molecule has 3 aliphatic heterocycles. The van der Waals surface area contributed by atoms with Crippen LogP contribution >= 0.6 is 0 Å². The van der Waals surface area contributed by atoms with E-state index in [0.29, 0.717) is 0 Å². The molecule has 0 unspecified atom stereocenters. The number of benzene rings is 10. The van der Waals surface area contributed by atoms with Crippen LogP contribution < -0.4 is 42.6 Å². The van der Waals surface area contributed by atoms with Crippen molar-refractivity contribution in [2.75, 3.05) is 9.80 Å². The Morgan fingerprint density at radius 2 is 0.821 bits per heavy atom. The van der Waals surface area contributed by atoms with E-state index in [1.165, 1.54) is 167 Å². The maximum Gasteiger partial charge on any atom is 0.248 e. The quantitative estimate of drug-likeness (QED) is 0.159. The summed E-state index contributed by atoms with van der Waals surface area (Å²) in [5.74, 6) is 0. The number of fused-ring (bicyclic) bond motifs is 12. The monoisotopic (exact) mass is 860 g/mol. The summed E-state index contributed by atoms with van der Waals surface area (Å²) in [4.78, 5) is 5.43. The van der Waals surface area contributed by atoms with Gasteiger partial charge in [-0.05, 0) is 156 Å². The van der Waals surface area contributed by atoms with Gasteiger partial charge in [-0.1, -0.05) is 185 Å². The van der Waals surface area contributed by atoms with Gasteiger partial charge < -0.3 is 9.80 Å². The fourth-order valence-electron chi connectivity index (χ4n) is 13.2. The number of nitrogens with zero attached hydrogens (tertiary/aromatic N) is 2. The molecular weight excluding hydrogens is 806 g/mol. The molecule has 3 heterocycles. The molecule has 0 aliphatic carbocycles. The lowest BCUT2D eigenvalue weighted by Gasteiger charge is -2.50. The van der Waals surface area contributed by atoms with Gasteiger partial charge in [0.15, 0.2) is 0 Å². The molecule has 0 bridgehead atoms. The highest BCUT2D eigenvalue weighted by Gasteiger charge is 2.48. The summed E-state index contributed by atoms with van der Waals surface area (Å²) in [5.41, 5.74) is 26.7. The Labute approximate surface area is 396 Å². The Kier molecular flexibility index (Phi) is 8.85. The van der Waals surface area contributed by atoms with Crippen molar-refractivity contribution in [3.8, 4) is 0 Å². The van der Waals surface area contributed by atoms with Crippen LogP contribution in [0.2, 0.25) is 0 Å². The molecule has 0 saturated heterocycles. The van der Waals surface area contributed by atoms with Gasteiger partial charge in [0.2, 0.25) is 13.4 Å². The van der Waals surface area contributed by atoms with E-state index in [4.69, 9.17) is 0 Å². The van der Waals surface area contributed by atoms with Gasteiger partial charge in [0.05, 0.1) is 22.7 Å². The third kappa shape index (κ3) is 5.84. The largest absolute Gasteiger partial charge is 0.307 e. The molecule has 0 aromatic heterocycles. The molecule has 3 aliphatic rings. The standard InChI is InChI=1S/C63H54B2N2/c1-9-10-15-43-21-23-45-33-55-53(31-49(45)29-43)65(59-41(7)26-38(4)27-42(59)8)61-51-19-14-12-17-47(51)34-56-63(61)67(55)57-35-46-16-11-13-18-50(46)60-62(57)66(56)54-32-44-22-20-36(2)28-48(44)30-52(54)64(60)58-39(5)24-37(3)25-40(58)6/h11-14,16-35H,9-10,15H2,1-8H3. The number of unbranched alkanes of at least 4 members (excludes halogenated alkanes) is 1. The lowest BCUT2D eigenvalue weighted by atomic mass is 9.32. The second-order valence-corrected chi connectivity index (χ2v) is 20.4. The fraction of sp³-hybridized carbons (Fsp3) is 0.175. The van der Waals surface area contributed by atoms with Crippen LogP contribution in [0.5, 0.6) is 0 Å². The Morgan fingerprint density at radius 3 is 1.31 bits per heavy atom. The smallest absolute Gasteiger partial charge is 0.248 e. The van der Waals surface area contributed by atoms with E-state index in [0.717, 1.165) is 6.42 Å². The summed E-state index contributed by atoms with van der Waals surface area (Å²) in [6.07, 6.45) is 3.49. The maximum absolute atomic E-state index is 2.72. The highest BCUT2D eigenvalue weighted by atomic mass is 15.3. The molecule has 10 aromatic carbocycles. The highest BCUT2D eigenvalue weighted by Crippen LogP contribution is 2.57. The van der Waals surface area contributed by atoms with Crippen LogP contribution in [0.1, 0.15) is 64.3 Å². The van der Waals surface area contributed by atoms with Crippen molar-refractivity contribution < 1.29 is 0 Å². The average molecular weight is 861 g/mol. The summed E-state index contributed by atoms with van der Waals surface area (Å²) >= 11 is 0. The highest BCUT2D eigenvalue weighted by molar-refractivity contribution is 7.01. The Morgan fingerprint density at radius 1 is 0.373 bits per heavy atom. The van der Waals surface area contributed by atoms with Crippen LogP contribution in [0, 0.1) is 48.5 Å². The van der Waals surface area contributed by atoms with Gasteiger partial charge in [0, 0.05) is 11.4 Å². The van der Waals surface area contributed by atoms with Gasteiger partial charge in [-0.15, -0.1) is 0 Å². The molecule has 2 nitrogen and oxygen atoms in total. The zero-order chi connectivity index (χ0) is 45.6. The van der Waals surface area contributed by atoms with E-state index < -0.39 is 0 Å². The number of aryl methyl sites for hydroxylation is 8. The first-order valence-electron chi connectivity index (χ1n) is 24.5. The van der Waals surface area contributed by atoms with Crippen molar-refractivity contribution in [1.29, 1.82) is 0 Å². The molecule has 322 valence electrons. The van der Waals surface area contributed by atoms with Crippen LogP contribution in [0.25, 0.3) is 43.1 Å². The predicted molar refractivity (Wildman–Crippen MR) is 293 cm³/mol. The number of hydrogen-bond donors (Lipinski definition) is 0. The van der Waals surface area contributed by atoms with Gasteiger partial charge in [-0.3, -0.25) is 0 Å². The first-order chi connectivity index (χ1) is 32.6. The molecule has 4 heteroatoms. The number of rotatable bonds is 5. The molecule has 0 radical (unpaired) electrons. The second-order valence-electron chi connectivity index (χ2n) is 20.4. The van der Waals surface area contributed by atoms with Crippen molar-refractivity contribution in [3.05, 3.63) is 190 Å². The maximum atomic E-state index is 2.72. The zero-order valence-electron chi connectivity index (χ0n) is 40.0. The van der Waals surface area contributed by atoms with E-state index in [-0.39, 0.29) is 13.4 Å². The molecule has 0 saturated carbocycles. The molecule has 10 aromatic rings. The van der Waals surface area contributed by atoms with Gasteiger partial charge in [0.25, 0.3) is 0 Å². The minimum absolute atomic E-state index is 0.00565. The van der Waals surface area contributed by atoms with E-state index >= 15 is 0 Å². The molecule has 67 heavy (non-hydrogen) atoms. The molecular formula is C63H54B2N2. The van der Waals surface area contributed by atoms with Gasteiger partial charge in [-0.2, -0.15) is 0 Å². The van der Waals surface area contributed by atoms with Gasteiger partial charge in [-0.25, -0.2) is 0 Å². The normalized spacial score (nSPS) is 13.4. The molecule has 0 N–H and O–H groups in total. The first kappa shape index (κ1) is 40.3. The molecule has 13 rings (SSSR count). The van der Waals surface area contributed by atoms with Gasteiger partial charge in [0.1, 0.15) is 0 Å². The Hall–Kier alpha value is -7.03. The van der Waals surface area contributed by atoms with Crippen LogP contribution in [0.15, 0.2) is 146 Å².